The van der Waals surface area contributed by atoms with Gasteiger partial charge in [-0.1, -0.05) is 6.07 Å². The second-order valence-electron chi connectivity index (χ2n) is 5.62. The highest BCUT2D eigenvalue weighted by molar-refractivity contribution is 5.43. The Morgan fingerprint density at radius 3 is 2.57 bits per heavy atom. The Balaban J connectivity index is 1.80. The van der Waals surface area contributed by atoms with Crippen LogP contribution in [0.1, 0.15) is 31.4 Å². The monoisotopic (exact) mass is 325 g/mol. The average Bonchev–Trinajstić information content (AvgIpc) is 3.10. The van der Waals surface area contributed by atoms with Crippen molar-refractivity contribution in [1.29, 1.82) is 0 Å². The van der Waals surface area contributed by atoms with Crippen LogP contribution in [0, 0.1) is 0 Å². The third-order valence-electron chi connectivity index (χ3n) is 4.00. The van der Waals surface area contributed by atoms with Gasteiger partial charge in [0.2, 0.25) is 0 Å². The molecule has 0 amide bonds. The van der Waals surface area contributed by atoms with Gasteiger partial charge in [-0.3, -0.25) is 0 Å². The molecule has 0 aromatic heterocycles. The standard InChI is InChI=1S/C17H27NO5/c1-12(18-8-4-5-16-22-9-10-23-16)17(19)13-6-7-14(20-2)15(11-13)21-3/h6-7,11-12,16-19H,4-5,8-10H2,1-3H3. The van der Waals surface area contributed by atoms with Crippen LogP contribution in [-0.4, -0.2) is 51.4 Å². The van der Waals surface area contributed by atoms with Gasteiger partial charge in [0.1, 0.15) is 0 Å². The molecule has 1 saturated heterocycles. The van der Waals surface area contributed by atoms with Crippen LogP contribution in [0.2, 0.25) is 0 Å². The minimum Gasteiger partial charge on any atom is -0.493 e. The molecule has 1 aromatic rings. The molecule has 0 spiro atoms. The predicted molar refractivity (Wildman–Crippen MR) is 86.9 cm³/mol. The number of aliphatic hydroxyl groups is 1. The normalized spacial score (nSPS) is 17.9. The van der Waals surface area contributed by atoms with Crippen molar-refractivity contribution in [3.8, 4) is 11.5 Å². The molecule has 2 atom stereocenters. The molecule has 1 heterocycles. The minimum atomic E-state index is -0.617. The molecule has 0 radical (unpaired) electrons. The fourth-order valence-corrected chi connectivity index (χ4v) is 2.61. The molecule has 130 valence electrons. The van der Waals surface area contributed by atoms with Gasteiger partial charge in [0.25, 0.3) is 0 Å². The number of hydrogen-bond acceptors (Lipinski definition) is 6. The first-order valence-electron chi connectivity index (χ1n) is 8.02. The Morgan fingerprint density at radius 1 is 1.22 bits per heavy atom. The van der Waals surface area contributed by atoms with Gasteiger partial charge in [-0.25, -0.2) is 0 Å². The molecule has 0 bridgehead atoms. The van der Waals surface area contributed by atoms with Crippen molar-refractivity contribution in [1.82, 2.24) is 5.32 Å². The quantitative estimate of drug-likeness (QED) is 0.676. The van der Waals surface area contributed by atoms with Crippen LogP contribution in [0.4, 0.5) is 0 Å². The lowest BCUT2D eigenvalue weighted by atomic mass is 10.0. The van der Waals surface area contributed by atoms with Gasteiger partial charge in [-0.05, 0) is 44.0 Å². The van der Waals surface area contributed by atoms with E-state index in [9.17, 15) is 5.11 Å². The SMILES string of the molecule is COc1ccc(C(O)C(C)NCCCC2OCCO2)cc1OC. The Hall–Kier alpha value is -1.34. The van der Waals surface area contributed by atoms with E-state index in [1.54, 1.807) is 20.3 Å². The summed E-state index contributed by atoms with van der Waals surface area (Å²) in [5.41, 5.74) is 0.796. The molecule has 1 fully saturated rings. The maximum Gasteiger partial charge on any atom is 0.161 e. The van der Waals surface area contributed by atoms with Gasteiger partial charge in [0, 0.05) is 6.04 Å². The van der Waals surface area contributed by atoms with Gasteiger partial charge in [0.05, 0.1) is 33.5 Å². The number of ether oxygens (including phenoxy) is 4. The molecule has 1 aliphatic rings. The summed E-state index contributed by atoms with van der Waals surface area (Å²) in [6.07, 6.45) is 1.12. The number of rotatable bonds is 9. The van der Waals surface area contributed by atoms with E-state index >= 15 is 0 Å². The number of nitrogens with one attached hydrogen (secondary N) is 1. The fraction of sp³-hybridized carbons (Fsp3) is 0.647. The summed E-state index contributed by atoms with van der Waals surface area (Å²) in [5.74, 6) is 1.27. The van der Waals surface area contributed by atoms with Gasteiger partial charge < -0.3 is 29.4 Å². The lowest BCUT2D eigenvalue weighted by Crippen LogP contribution is -2.33. The smallest absolute Gasteiger partial charge is 0.161 e. The molecule has 1 aromatic carbocycles. The van der Waals surface area contributed by atoms with Crippen molar-refractivity contribution >= 4 is 0 Å². The highest BCUT2D eigenvalue weighted by atomic mass is 16.7. The van der Waals surface area contributed by atoms with Crippen LogP contribution < -0.4 is 14.8 Å². The summed E-state index contributed by atoms with van der Waals surface area (Å²) in [5, 5.41) is 13.8. The van der Waals surface area contributed by atoms with Gasteiger partial charge in [0.15, 0.2) is 17.8 Å². The highest BCUT2D eigenvalue weighted by Gasteiger charge is 2.19. The predicted octanol–water partition coefficient (Wildman–Crippen LogP) is 1.87. The molecule has 0 saturated carbocycles. The summed E-state index contributed by atoms with van der Waals surface area (Å²) < 4.78 is 21.3. The molecule has 6 heteroatoms. The van der Waals surface area contributed by atoms with Crippen molar-refractivity contribution < 1.29 is 24.1 Å². The Morgan fingerprint density at radius 2 is 1.91 bits per heavy atom. The molecule has 2 rings (SSSR count). The summed E-state index contributed by atoms with van der Waals surface area (Å²) in [4.78, 5) is 0. The van der Waals surface area contributed by atoms with Crippen molar-refractivity contribution in [3.63, 3.8) is 0 Å². The summed E-state index contributed by atoms with van der Waals surface area (Å²) >= 11 is 0. The Bertz CT molecular complexity index is 476. The van der Waals surface area contributed by atoms with Crippen LogP contribution in [0.3, 0.4) is 0 Å². The zero-order chi connectivity index (χ0) is 16.7. The zero-order valence-corrected chi connectivity index (χ0v) is 14.1. The molecule has 6 nitrogen and oxygen atoms in total. The second kappa shape index (κ2) is 9.08. The number of methoxy groups -OCH3 is 2. The van der Waals surface area contributed by atoms with E-state index in [1.807, 2.05) is 19.1 Å². The first kappa shape index (κ1) is 18.0. The largest absolute Gasteiger partial charge is 0.493 e. The van der Waals surface area contributed by atoms with Crippen molar-refractivity contribution in [2.45, 2.75) is 38.2 Å². The van der Waals surface area contributed by atoms with Crippen molar-refractivity contribution in [2.75, 3.05) is 34.0 Å². The van der Waals surface area contributed by atoms with E-state index in [0.29, 0.717) is 24.7 Å². The number of benzene rings is 1. The lowest BCUT2D eigenvalue weighted by Gasteiger charge is -2.22. The highest BCUT2D eigenvalue weighted by Crippen LogP contribution is 2.30. The van der Waals surface area contributed by atoms with E-state index in [0.717, 1.165) is 24.9 Å². The van der Waals surface area contributed by atoms with E-state index in [2.05, 4.69) is 5.32 Å². The van der Waals surface area contributed by atoms with Crippen LogP contribution in [0.25, 0.3) is 0 Å². The van der Waals surface area contributed by atoms with Gasteiger partial charge >= 0.3 is 0 Å². The summed E-state index contributed by atoms with van der Waals surface area (Å²) in [6.45, 7) is 4.14. The number of aliphatic hydroxyl groups excluding tert-OH is 1. The third kappa shape index (κ3) is 5.07. The van der Waals surface area contributed by atoms with Crippen LogP contribution in [-0.2, 0) is 9.47 Å². The van der Waals surface area contributed by atoms with E-state index < -0.39 is 6.10 Å². The average molecular weight is 325 g/mol. The minimum absolute atomic E-state index is 0.0668. The van der Waals surface area contributed by atoms with Crippen LogP contribution in [0.5, 0.6) is 11.5 Å². The Kier molecular flexibility index (Phi) is 7.11. The van der Waals surface area contributed by atoms with E-state index in [1.165, 1.54) is 0 Å². The number of hydrogen-bond donors (Lipinski definition) is 2. The van der Waals surface area contributed by atoms with Gasteiger partial charge in [-0.2, -0.15) is 0 Å². The van der Waals surface area contributed by atoms with Crippen molar-refractivity contribution in [2.24, 2.45) is 0 Å². The third-order valence-corrected chi connectivity index (χ3v) is 4.00. The van der Waals surface area contributed by atoms with E-state index in [4.69, 9.17) is 18.9 Å². The molecule has 2 N–H and O–H groups in total. The van der Waals surface area contributed by atoms with Crippen LogP contribution >= 0.6 is 0 Å². The molecule has 0 aliphatic carbocycles. The maximum absolute atomic E-state index is 10.5. The summed E-state index contributed by atoms with van der Waals surface area (Å²) in [6, 6.07) is 5.39. The second-order valence-corrected chi connectivity index (χ2v) is 5.62. The molecular weight excluding hydrogens is 298 g/mol. The molecule has 1 aliphatic heterocycles. The molecule has 2 unspecified atom stereocenters. The van der Waals surface area contributed by atoms with Crippen LogP contribution in [0.15, 0.2) is 18.2 Å². The van der Waals surface area contributed by atoms with Crippen molar-refractivity contribution in [3.05, 3.63) is 23.8 Å². The van der Waals surface area contributed by atoms with E-state index in [-0.39, 0.29) is 12.3 Å². The Labute approximate surface area is 137 Å². The lowest BCUT2D eigenvalue weighted by molar-refractivity contribution is -0.0477. The zero-order valence-electron chi connectivity index (χ0n) is 14.1. The summed E-state index contributed by atoms with van der Waals surface area (Å²) in [7, 11) is 3.18. The topological polar surface area (TPSA) is 69.2 Å². The van der Waals surface area contributed by atoms with Gasteiger partial charge in [-0.15, -0.1) is 0 Å². The fourth-order valence-electron chi connectivity index (χ4n) is 2.61. The first-order valence-corrected chi connectivity index (χ1v) is 8.02. The molecule has 23 heavy (non-hydrogen) atoms. The maximum atomic E-state index is 10.5. The molecular formula is C17H27NO5. The first-order chi connectivity index (χ1) is 11.2.